The number of aromatic nitrogens is 5. The fraction of sp³-hybridized carbons (Fsp3) is 0.321. The van der Waals surface area contributed by atoms with Gasteiger partial charge in [0.05, 0.1) is 27.8 Å². The minimum Gasteiger partial charge on any atom is -0.360 e. The summed E-state index contributed by atoms with van der Waals surface area (Å²) in [5, 5.41) is 3.98. The molecule has 15 nitrogen and oxygen atoms in total. The molecule has 0 unspecified atom stereocenters. The van der Waals surface area contributed by atoms with Crippen LogP contribution in [0.2, 0.25) is 0 Å². The van der Waals surface area contributed by atoms with Crippen molar-refractivity contribution < 1.29 is 47.9 Å². The molecule has 0 amide bonds. The zero-order valence-electron chi connectivity index (χ0n) is 76.6. The lowest BCUT2D eigenvalue weighted by Crippen LogP contribution is -2.16. The molecular weight excluding hydrogens is 1580 g/mol. The van der Waals surface area contributed by atoms with Crippen molar-refractivity contribution in [3.8, 4) is 0 Å². The molecule has 8 aromatic carbocycles. The maximum absolute atomic E-state index is 12.3. The Morgan fingerprint density at radius 2 is 0.386 bits per heavy atom. The van der Waals surface area contributed by atoms with Gasteiger partial charge in [0.15, 0.2) is 0 Å². The molecule has 0 spiro atoms. The molecule has 13 aromatic rings. The maximum atomic E-state index is 12.3. The van der Waals surface area contributed by atoms with Crippen LogP contribution in [0.3, 0.4) is 0 Å². The molecule has 0 bridgehead atoms. The van der Waals surface area contributed by atoms with Crippen molar-refractivity contribution >= 4 is 112 Å². The molecule has 5 N–H and O–H groups in total. The number of para-hydroxylation sites is 5. The maximum Gasteiger partial charge on any atom is 0.231 e. The first-order chi connectivity index (χ1) is 59.8. The molecule has 15 heteroatoms. The van der Waals surface area contributed by atoms with Crippen LogP contribution in [0.25, 0.3) is 54.5 Å². The third-order valence-corrected chi connectivity index (χ3v) is 16.5. The molecule has 5 heterocycles. The Morgan fingerprint density at radius 3 is 0.551 bits per heavy atom. The van der Waals surface area contributed by atoms with Crippen LogP contribution in [0.1, 0.15) is 294 Å². The van der Waals surface area contributed by atoms with E-state index >= 15 is 0 Å². The van der Waals surface area contributed by atoms with Gasteiger partial charge in [0.2, 0.25) is 57.8 Å². The van der Waals surface area contributed by atoms with E-state index < -0.39 is 28.9 Å². The summed E-state index contributed by atoms with van der Waals surface area (Å²) in [4.78, 5) is 137. The van der Waals surface area contributed by atoms with Crippen molar-refractivity contribution in [1.82, 2.24) is 24.9 Å². The van der Waals surface area contributed by atoms with E-state index in [2.05, 4.69) is 94.2 Å². The summed E-state index contributed by atoms with van der Waals surface area (Å²) in [5.74, 6) is -4.00. The van der Waals surface area contributed by atoms with Crippen LogP contribution in [0.4, 0.5) is 0 Å². The lowest BCUT2D eigenvalue weighted by Gasteiger charge is -2.00. The number of benzene rings is 8. The minimum atomic E-state index is -0.439. The number of aromatic amines is 5. The Morgan fingerprint density at radius 1 is 0.228 bits per heavy atom. The van der Waals surface area contributed by atoms with Crippen molar-refractivity contribution in [1.29, 1.82) is 0 Å². The third-order valence-electron chi connectivity index (χ3n) is 16.5. The Labute approximate surface area is 761 Å². The van der Waals surface area contributed by atoms with Crippen molar-refractivity contribution in [3.63, 3.8) is 0 Å². The average Bonchev–Trinajstić information content (AvgIpc) is 1.72. The molecule has 0 fully saturated rings. The van der Waals surface area contributed by atoms with Gasteiger partial charge in [-0.3, -0.25) is 47.9 Å². The average molecular weight is 1730 g/mol. The molecule has 127 heavy (non-hydrogen) atoms. The van der Waals surface area contributed by atoms with Crippen molar-refractivity contribution in [2.24, 2.45) is 0 Å². The fourth-order valence-electron chi connectivity index (χ4n) is 11.5. The van der Waals surface area contributed by atoms with Crippen molar-refractivity contribution in [2.45, 2.75) is 245 Å². The lowest BCUT2D eigenvalue weighted by molar-refractivity contribution is -0.115. The Balaban J connectivity index is -0.000000693. The number of rotatable bonds is 20. The topological polar surface area (TPSA) is 250 Å². The number of hydrogen-bond acceptors (Lipinski definition) is 10. The van der Waals surface area contributed by atoms with Gasteiger partial charge in [0.25, 0.3) is 0 Å². The van der Waals surface area contributed by atoms with Crippen LogP contribution < -0.4 is 0 Å². The molecule has 684 valence electrons. The number of allylic oxidation sites excluding steroid dienone is 8. The van der Waals surface area contributed by atoms with E-state index in [0.717, 1.165) is 95.2 Å². The second-order valence-electron chi connectivity index (χ2n) is 26.8. The number of Topliss-reactive ketones (excluding diaryl/α,β-unsaturated/α-hetero) is 10. The molecule has 0 aliphatic heterocycles. The molecule has 2 aliphatic carbocycles. The standard InChI is InChI=1S/3C17H13NO2.2C16H13NO2.5C3H8.5C2H6.4CH4/c3*19-16(10-12-6-2-1-3-7-12)17(20)14-11-18-15-9-5-4-8-13(14)15;2*18-15(9-11-5-1-2-6-11)16(19)13-10-17-14-8-4-3-7-12(13)14;5*1-3-2;5*1-2;;;;/h3*1-9,11,18H,10H2;2*1-5,7-8,10,17H,6,9H2;5*3H2,1-2H3;5*1-2H3;4*1H4. The van der Waals surface area contributed by atoms with Crippen LogP contribution >= 0.6 is 0 Å². The van der Waals surface area contributed by atoms with E-state index in [1.165, 1.54) is 32.1 Å². The van der Waals surface area contributed by atoms with Gasteiger partial charge in [-0.1, -0.05) is 430 Å². The van der Waals surface area contributed by atoms with Crippen molar-refractivity contribution in [3.05, 3.63) is 335 Å². The summed E-state index contributed by atoms with van der Waals surface area (Å²) < 4.78 is 0. The molecule has 2 aliphatic rings. The van der Waals surface area contributed by atoms with E-state index in [9.17, 15) is 47.9 Å². The monoisotopic (exact) mass is 1730 g/mol. The summed E-state index contributed by atoms with van der Waals surface area (Å²) in [7, 11) is 0. The zero-order chi connectivity index (χ0) is 91.9. The van der Waals surface area contributed by atoms with E-state index in [-0.39, 0.29) is 90.7 Å². The quantitative estimate of drug-likeness (QED) is 0.0356. The summed E-state index contributed by atoms with van der Waals surface area (Å²) in [6, 6.07) is 65.3. The first kappa shape index (κ1) is 120. The van der Waals surface area contributed by atoms with E-state index in [1.54, 1.807) is 31.0 Å². The minimum absolute atomic E-state index is 0. The Hall–Kier alpha value is -12.9. The largest absolute Gasteiger partial charge is 0.360 e. The summed E-state index contributed by atoms with van der Waals surface area (Å²) in [5.41, 5.74) is 11.2. The number of carbonyl (C=O) groups is 10. The molecule has 0 radical (unpaired) electrons. The van der Waals surface area contributed by atoms with Gasteiger partial charge >= 0.3 is 0 Å². The Bertz CT molecular complexity index is 4930. The number of hydrogen-bond donors (Lipinski definition) is 5. The second-order valence-corrected chi connectivity index (χ2v) is 26.8. The van der Waals surface area contributed by atoms with E-state index in [0.29, 0.717) is 27.8 Å². The highest BCUT2D eigenvalue weighted by Crippen LogP contribution is 2.26. The molecule has 5 aromatic heterocycles. The fourth-order valence-corrected chi connectivity index (χ4v) is 11.5. The number of fused-ring (bicyclic) bond motifs is 5. The smallest absolute Gasteiger partial charge is 0.231 e. The lowest BCUT2D eigenvalue weighted by atomic mass is 10.0. The molecule has 15 rings (SSSR count). The number of H-pyrrole nitrogens is 5. The molecular formula is C112H151N5O10. The highest BCUT2D eigenvalue weighted by molar-refractivity contribution is 6.48. The molecule has 0 saturated carbocycles. The highest BCUT2D eigenvalue weighted by Gasteiger charge is 2.25. The number of nitrogens with one attached hydrogen (secondary N) is 5. The summed E-state index contributed by atoms with van der Waals surface area (Å²) >= 11 is 0. The van der Waals surface area contributed by atoms with Gasteiger partial charge in [-0.15, -0.1) is 0 Å². The van der Waals surface area contributed by atoms with Gasteiger partial charge in [-0.2, -0.15) is 0 Å². The van der Waals surface area contributed by atoms with Gasteiger partial charge in [0, 0.05) is 118 Å². The van der Waals surface area contributed by atoms with Crippen LogP contribution in [0.5, 0.6) is 0 Å². The Kier molecular flexibility index (Phi) is 68.7. The van der Waals surface area contributed by atoms with Crippen molar-refractivity contribution in [2.75, 3.05) is 0 Å². The summed E-state index contributed by atoms with van der Waals surface area (Å²) in [6.07, 6.45) is 28.3. The van der Waals surface area contributed by atoms with Crippen LogP contribution in [0, 0.1) is 0 Å². The van der Waals surface area contributed by atoms with Crippen LogP contribution in [-0.2, 0) is 43.2 Å². The number of ketones is 10. The SMILES string of the molecule is C.C.C.C.CC.CC.CC.CC.CC.CCC.CCC.CCC.CCC.CCC.O=C(CC1=CC=CC1)C(=O)c1c[nH]c2ccccc12.O=C(CC1=CC=CC1)C(=O)c1c[nH]c2ccccc12.O=C(Cc1ccccc1)C(=O)c1c[nH]c2ccccc12.O=C(Cc1ccccc1)C(=O)c1c[nH]c2ccccc12.O=C(Cc1ccccc1)C(=O)c1c[nH]c2ccccc12. The normalized spacial score (nSPS) is 10.1. The first-order valence-electron chi connectivity index (χ1n) is 43.8. The molecule has 0 saturated heterocycles. The summed E-state index contributed by atoms with van der Waals surface area (Å²) in [6.45, 7) is 41.2. The first-order valence-corrected chi connectivity index (χ1v) is 43.8. The third kappa shape index (κ3) is 40.8. The number of carbonyl (C=O) groups excluding carboxylic acids is 10. The predicted molar refractivity (Wildman–Crippen MR) is 545 cm³/mol. The van der Waals surface area contributed by atoms with E-state index in [1.807, 2.05) is 318 Å². The second kappa shape index (κ2) is 72.4. The van der Waals surface area contributed by atoms with Gasteiger partial charge in [-0.25, -0.2) is 0 Å². The predicted octanol–water partition coefficient (Wildman–Crippen LogP) is 30.6. The van der Waals surface area contributed by atoms with Crippen LogP contribution in [-0.4, -0.2) is 82.8 Å². The van der Waals surface area contributed by atoms with Gasteiger partial charge in [-0.05, 0) is 59.9 Å². The van der Waals surface area contributed by atoms with Crippen LogP contribution in [0.15, 0.2) is 291 Å². The highest BCUT2D eigenvalue weighted by atomic mass is 16.2. The zero-order valence-corrected chi connectivity index (χ0v) is 76.6. The van der Waals surface area contributed by atoms with Gasteiger partial charge < -0.3 is 24.9 Å². The van der Waals surface area contributed by atoms with E-state index in [4.69, 9.17) is 0 Å². The molecule has 0 atom stereocenters. The van der Waals surface area contributed by atoms with Gasteiger partial charge in [0.1, 0.15) is 0 Å².